The molecule has 8 heteroatoms. The summed E-state index contributed by atoms with van der Waals surface area (Å²) < 4.78 is 0. The quantitative estimate of drug-likeness (QED) is 0.610. The topological polar surface area (TPSA) is 92.8 Å². The second kappa shape index (κ2) is 6.44. The zero-order valence-corrected chi connectivity index (χ0v) is 14.4. The highest BCUT2D eigenvalue weighted by Gasteiger charge is 2.33. The van der Waals surface area contributed by atoms with Crippen molar-refractivity contribution in [2.45, 2.75) is 25.7 Å². The molecule has 8 nitrogen and oxygen atoms in total. The molecular weight excluding hydrogens is 336 g/mol. The van der Waals surface area contributed by atoms with Gasteiger partial charge in [-0.15, -0.1) is 0 Å². The molecule has 26 heavy (non-hydrogen) atoms. The molecule has 0 aromatic heterocycles. The van der Waals surface area contributed by atoms with Crippen LogP contribution in [0.15, 0.2) is 24.3 Å². The molecule has 2 fully saturated rings. The Morgan fingerprint density at radius 1 is 0.692 bits per heavy atom. The molecule has 2 saturated heterocycles. The Bertz CT molecular complexity index is 818. The van der Waals surface area contributed by atoms with Gasteiger partial charge in [-0.05, 0) is 43.2 Å². The predicted molar refractivity (Wildman–Crippen MR) is 100 cm³/mol. The molecule has 2 aliphatic rings. The molecule has 2 heterocycles. The molecule has 0 aliphatic carbocycles. The lowest BCUT2D eigenvalue weighted by atomic mass is 10.0. The lowest BCUT2D eigenvalue weighted by molar-refractivity contribution is -0.389. The van der Waals surface area contributed by atoms with E-state index in [0.29, 0.717) is 16.8 Å². The molecule has 0 saturated carbocycles. The number of nitro benzene ring substituents is 2. The first-order chi connectivity index (χ1) is 12.6. The van der Waals surface area contributed by atoms with Gasteiger partial charge in [0.05, 0.1) is 9.85 Å². The van der Waals surface area contributed by atoms with Crippen molar-refractivity contribution in [1.82, 2.24) is 0 Å². The average molecular weight is 356 g/mol. The number of hydrogen-bond acceptors (Lipinski definition) is 6. The van der Waals surface area contributed by atoms with E-state index >= 15 is 0 Å². The normalized spacial score (nSPS) is 17.2. The van der Waals surface area contributed by atoms with Crippen LogP contribution in [0, 0.1) is 20.2 Å². The smallest absolute Gasteiger partial charge is 0.307 e. The number of hydrogen-bond donors (Lipinski definition) is 0. The molecule has 0 unspecified atom stereocenters. The number of benzene rings is 2. The van der Waals surface area contributed by atoms with E-state index in [0.717, 1.165) is 51.9 Å². The summed E-state index contributed by atoms with van der Waals surface area (Å²) in [7, 11) is 0. The molecule has 136 valence electrons. The Morgan fingerprint density at radius 2 is 1.08 bits per heavy atom. The monoisotopic (exact) mass is 356 g/mol. The molecule has 0 atom stereocenters. The van der Waals surface area contributed by atoms with E-state index < -0.39 is 9.85 Å². The summed E-state index contributed by atoms with van der Waals surface area (Å²) in [6.45, 7) is 2.97. The van der Waals surface area contributed by atoms with Gasteiger partial charge in [-0.25, -0.2) is 0 Å². The summed E-state index contributed by atoms with van der Waals surface area (Å²) in [5.41, 5.74) is 0.692. The van der Waals surface area contributed by atoms with E-state index in [9.17, 15) is 20.2 Å². The Balaban J connectivity index is 2.02. The fraction of sp³-hybridized carbons (Fsp3) is 0.444. The van der Waals surface area contributed by atoms with Crippen LogP contribution >= 0.6 is 0 Å². The maximum atomic E-state index is 11.9. The lowest BCUT2D eigenvalue weighted by Gasteiger charge is -2.21. The van der Waals surface area contributed by atoms with Crippen LogP contribution in [0.1, 0.15) is 25.7 Å². The molecule has 0 radical (unpaired) electrons. The summed E-state index contributed by atoms with van der Waals surface area (Å²) in [5.74, 6) is 0. The summed E-state index contributed by atoms with van der Waals surface area (Å²) in [6.07, 6.45) is 3.91. The maximum absolute atomic E-state index is 11.9. The molecule has 2 aromatic rings. The van der Waals surface area contributed by atoms with Gasteiger partial charge in [-0.1, -0.05) is 12.1 Å². The molecular formula is C18H20N4O4. The largest absolute Gasteiger partial charge is 0.366 e. The van der Waals surface area contributed by atoms with E-state index in [1.165, 1.54) is 0 Å². The van der Waals surface area contributed by atoms with E-state index in [4.69, 9.17) is 0 Å². The van der Waals surface area contributed by atoms with Gasteiger partial charge in [0.25, 0.3) is 0 Å². The predicted octanol–water partition coefficient (Wildman–Crippen LogP) is 3.86. The number of nitro groups is 2. The summed E-state index contributed by atoms with van der Waals surface area (Å²) in [4.78, 5) is 26.9. The summed E-state index contributed by atoms with van der Waals surface area (Å²) >= 11 is 0. The molecule has 0 amide bonds. The van der Waals surface area contributed by atoms with Gasteiger partial charge in [0.1, 0.15) is 16.8 Å². The number of anilines is 2. The third kappa shape index (κ3) is 2.61. The maximum Gasteiger partial charge on any atom is 0.307 e. The summed E-state index contributed by atoms with van der Waals surface area (Å²) in [6, 6.07) is 6.98. The van der Waals surface area contributed by atoms with Crippen molar-refractivity contribution in [2.75, 3.05) is 36.0 Å². The average Bonchev–Trinajstić information content (AvgIpc) is 3.32. The van der Waals surface area contributed by atoms with Crippen molar-refractivity contribution < 1.29 is 9.85 Å². The van der Waals surface area contributed by atoms with Crippen LogP contribution in [0.25, 0.3) is 10.8 Å². The highest BCUT2D eigenvalue weighted by atomic mass is 16.6. The standard InChI is InChI=1S/C18H20N4O4/c23-21(24)17-14(19-9-1-2-10-19)7-5-13-6-8-15(20-11-3-4-12-20)18(16(13)17)22(25)26/h5-8H,1-4,9-12H2. The SMILES string of the molecule is O=[N+]([O-])c1c(N2CCCC2)ccc2ccc(N3CCCC3)c([N+](=O)[O-])c12. The summed E-state index contributed by atoms with van der Waals surface area (Å²) in [5, 5.41) is 24.6. The second-order valence-electron chi connectivity index (χ2n) is 6.87. The van der Waals surface area contributed by atoms with Crippen LogP contribution in [0.3, 0.4) is 0 Å². The Kier molecular flexibility index (Phi) is 4.10. The van der Waals surface area contributed by atoms with Gasteiger partial charge >= 0.3 is 11.4 Å². The zero-order chi connectivity index (χ0) is 18.3. The Morgan fingerprint density at radius 3 is 1.42 bits per heavy atom. The first-order valence-corrected chi connectivity index (χ1v) is 8.96. The first-order valence-electron chi connectivity index (χ1n) is 8.96. The van der Waals surface area contributed by atoms with Crippen LogP contribution in [-0.4, -0.2) is 36.0 Å². The van der Waals surface area contributed by atoms with Crippen molar-refractivity contribution in [3.05, 3.63) is 44.5 Å². The van der Waals surface area contributed by atoms with Crippen molar-refractivity contribution in [2.24, 2.45) is 0 Å². The second-order valence-corrected chi connectivity index (χ2v) is 6.87. The number of nitrogens with zero attached hydrogens (tertiary/aromatic N) is 4. The van der Waals surface area contributed by atoms with Gasteiger partial charge in [0, 0.05) is 26.2 Å². The number of fused-ring (bicyclic) bond motifs is 1. The van der Waals surface area contributed by atoms with Crippen molar-refractivity contribution in [3.8, 4) is 0 Å². The fourth-order valence-corrected chi connectivity index (χ4v) is 4.16. The minimum atomic E-state index is -0.462. The van der Waals surface area contributed by atoms with Gasteiger partial charge in [-0.2, -0.15) is 0 Å². The molecule has 2 aromatic carbocycles. The van der Waals surface area contributed by atoms with Crippen molar-refractivity contribution >= 4 is 33.5 Å². The van der Waals surface area contributed by atoms with Crippen LogP contribution in [0.4, 0.5) is 22.7 Å². The van der Waals surface area contributed by atoms with Crippen LogP contribution in [-0.2, 0) is 0 Å². The minimum absolute atomic E-state index is 0.142. The lowest BCUT2D eigenvalue weighted by Crippen LogP contribution is -2.20. The zero-order valence-electron chi connectivity index (χ0n) is 14.4. The van der Waals surface area contributed by atoms with Crippen molar-refractivity contribution in [3.63, 3.8) is 0 Å². The highest BCUT2D eigenvalue weighted by molar-refractivity contribution is 6.06. The molecule has 0 spiro atoms. The Labute approximate surface area is 150 Å². The first kappa shape index (κ1) is 16.6. The van der Waals surface area contributed by atoms with Gasteiger partial charge in [0.2, 0.25) is 0 Å². The van der Waals surface area contributed by atoms with E-state index in [2.05, 4.69) is 0 Å². The number of rotatable bonds is 4. The minimum Gasteiger partial charge on any atom is -0.366 e. The highest BCUT2D eigenvalue weighted by Crippen LogP contribution is 2.45. The fourth-order valence-electron chi connectivity index (χ4n) is 4.16. The van der Waals surface area contributed by atoms with Crippen LogP contribution < -0.4 is 9.80 Å². The van der Waals surface area contributed by atoms with Crippen LogP contribution in [0.5, 0.6) is 0 Å². The van der Waals surface area contributed by atoms with Crippen LogP contribution in [0.2, 0.25) is 0 Å². The van der Waals surface area contributed by atoms with Gasteiger partial charge in [-0.3, -0.25) is 20.2 Å². The molecule has 0 bridgehead atoms. The van der Waals surface area contributed by atoms with E-state index in [1.807, 2.05) is 9.80 Å². The van der Waals surface area contributed by atoms with E-state index in [1.54, 1.807) is 24.3 Å². The van der Waals surface area contributed by atoms with Crippen molar-refractivity contribution in [1.29, 1.82) is 0 Å². The molecule has 2 aliphatic heterocycles. The third-order valence-electron chi connectivity index (χ3n) is 5.35. The third-order valence-corrected chi connectivity index (χ3v) is 5.35. The molecule has 0 N–H and O–H groups in total. The van der Waals surface area contributed by atoms with Gasteiger partial charge in [0.15, 0.2) is 0 Å². The van der Waals surface area contributed by atoms with E-state index in [-0.39, 0.29) is 16.8 Å². The Hall–Kier alpha value is -2.90. The van der Waals surface area contributed by atoms with Gasteiger partial charge < -0.3 is 9.80 Å². The molecule has 4 rings (SSSR count).